The van der Waals surface area contributed by atoms with E-state index in [-0.39, 0.29) is 18.1 Å². The first-order valence-electron chi connectivity index (χ1n) is 10.1. The number of nitrogens with zero attached hydrogens (tertiary/aromatic N) is 4. The van der Waals surface area contributed by atoms with Gasteiger partial charge in [0.15, 0.2) is 0 Å². The topological polar surface area (TPSA) is 82.5 Å². The molecule has 0 unspecified atom stereocenters. The Labute approximate surface area is 190 Å². The molecule has 0 aliphatic carbocycles. The predicted molar refractivity (Wildman–Crippen MR) is 127 cm³/mol. The molecule has 1 aromatic heterocycles. The minimum atomic E-state index is 0.0828. The van der Waals surface area contributed by atoms with E-state index in [4.69, 9.17) is 28.6 Å². The van der Waals surface area contributed by atoms with E-state index >= 15 is 0 Å². The Morgan fingerprint density at radius 1 is 1.00 bits per heavy atom. The van der Waals surface area contributed by atoms with Gasteiger partial charge < -0.3 is 24.8 Å². The number of rotatable bonds is 3. The molecule has 3 aromatic rings. The molecular weight excluding hydrogens is 435 g/mol. The summed E-state index contributed by atoms with van der Waals surface area (Å²) in [4.78, 5) is 14.3. The van der Waals surface area contributed by atoms with Gasteiger partial charge in [-0.3, -0.25) is 5.41 Å². The zero-order valence-corrected chi connectivity index (χ0v) is 18.5. The Morgan fingerprint density at radius 3 is 2.42 bits per heavy atom. The molecule has 7 nitrogen and oxygen atoms in total. The normalized spacial score (nSPS) is 18.0. The summed E-state index contributed by atoms with van der Waals surface area (Å²) in [6.07, 6.45) is 0. The molecule has 1 saturated heterocycles. The van der Waals surface area contributed by atoms with Crippen LogP contribution in [0, 0.1) is 5.41 Å². The first kappa shape index (κ1) is 20.2. The fourth-order valence-electron chi connectivity index (χ4n) is 4.12. The molecular formula is C22H22Cl2N6O. The van der Waals surface area contributed by atoms with Gasteiger partial charge in [-0.1, -0.05) is 23.2 Å². The maximum absolute atomic E-state index is 10.6. The van der Waals surface area contributed by atoms with Crippen LogP contribution in [0.25, 0.3) is 16.6 Å². The number of amidine groups is 1. The van der Waals surface area contributed by atoms with Crippen molar-refractivity contribution in [2.75, 3.05) is 49.6 Å². The van der Waals surface area contributed by atoms with Crippen molar-refractivity contribution in [2.45, 2.75) is 0 Å². The van der Waals surface area contributed by atoms with Gasteiger partial charge in [0.05, 0.1) is 23.2 Å². The summed E-state index contributed by atoms with van der Waals surface area (Å²) in [5.74, 6) is 0.706. The molecule has 160 valence electrons. The van der Waals surface area contributed by atoms with Crippen LogP contribution in [0.1, 0.15) is 5.82 Å². The smallest absolute Gasteiger partial charge is 0.145 e. The number of fused-ring (bicyclic) bond motifs is 1. The molecule has 2 aliphatic rings. The van der Waals surface area contributed by atoms with Crippen molar-refractivity contribution in [1.29, 1.82) is 5.41 Å². The van der Waals surface area contributed by atoms with Gasteiger partial charge in [-0.2, -0.15) is 0 Å². The summed E-state index contributed by atoms with van der Waals surface area (Å²) in [7, 11) is 2.14. The molecule has 5 rings (SSSR count). The third-order valence-corrected chi connectivity index (χ3v) is 6.27. The van der Waals surface area contributed by atoms with Crippen LogP contribution in [0.5, 0.6) is 0 Å². The van der Waals surface area contributed by atoms with Crippen LogP contribution < -0.4 is 9.80 Å². The largest absolute Gasteiger partial charge is 0.509 e. The molecule has 0 amide bonds. The first-order valence-corrected chi connectivity index (χ1v) is 10.8. The molecule has 0 bridgehead atoms. The molecule has 0 radical (unpaired) electrons. The van der Waals surface area contributed by atoms with E-state index in [9.17, 15) is 5.11 Å². The van der Waals surface area contributed by atoms with Gasteiger partial charge in [-0.25, -0.2) is 4.98 Å². The third-order valence-electron chi connectivity index (χ3n) is 5.83. The second kappa shape index (κ2) is 7.75. The minimum Gasteiger partial charge on any atom is -0.509 e. The average molecular weight is 457 g/mol. The zero-order valence-electron chi connectivity index (χ0n) is 17.0. The van der Waals surface area contributed by atoms with Crippen LogP contribution in [0.15, 0.2) is 42.2 Å². The fourth-order valence-corrected chi connectivity index (χ4v) is 4.64. The lowest BCUT2D eigenvalue weighted by atomic mass is 10.2. The maximum Gasteiger partial charge on any atom is 0.145 e. The molecule has 2 aromatic carbocycles. The van der Waals surface area contributed by atoms with Crippen molar-refractivity contribution < 1.29 is 5.11 Å². The summed E-state index contributed by atoms with van der Waals surface area (Å²) < 4.78 is 0. The number of aliphatic hydroxyl groups is 1. The standard InChI is InChI=1S/C22H22Cl2N6O/c1-28-4-6-29(7-5-28)15-2-3-17-18(11-15)27-22(26-17)20-19(31)12-30(21(20)25)16-9-13(23)8-14(24)10-16/h2-3,8-11,25,31H,4-7,12H2,1H3,(H,26,27). The average Bonchev–Trinajstić information content (AvgIpc) is 3.27. The number of nitrogens with one attached hydrogen (secondary N) is 2. The highest BCUT2D eigenvalue weighted by Crippen LogP contribution is 2.34. The molecule has 31 heavy (non-hydrogen) atoms. The lowest BCUT2D eigenvalue weighted by molar-refractivity contribution is 0.313. The number of anilines is 2. The van der Waals surface area contributed by atoms with Gasteiger partial charge in [0, 0.05) is 47.6 Å². The molecule has 3 heterocycles. The van der Waals surface area contributed by atoms with Crippen LogP contribution in [0.4, 0.5) is 11.4 Å². The van der Waals surface area contributed by atoms with Gasteiger partial charge in [0.2, 0.25) is 0 Å². The van der Waals surface area contributed by atoms with Crippen molar-refractivity contribution in [2.24, 2.45) is 0 Å². The number of aliphatic hydroxyl groups excluding tert-OH is 1. The summed E-state index contributed by atoms with van der Waals surface area (Å²) >= 11 is 12.2. The second-order valence-corrected chi connectivity index (χ2v) is 8.83. The number of hydrogen-bond acceptors (Lipinski definition) is 5. The van der Waals surface area contributed by atoms with Crippen LogP contribution in [-0.4, -0.2) is 65.6 Å². The number of benzene rings is 2. The predicted octanol–water partition coefficient (Wildman–Crippen LogP) is 4.39. The van der Waals surface area contributed by atoms with Gasteiger partial charge >= 0.3 is 0 Å². The van der Waals surface area contributed by atoms with E-state index < -0.39 is 0 Å². The van der Waals surface area contributed by atoms with Crippen molar-refractivity contribution >= 4 is 57.0 Å². The highest BCUT2D eigenvalue weighted by Gasteiger charge is 2.31. The van der Waals surface area contributed by atoms with Crippen molar-refractivity contribution in [3.8, 4) is 0 Å². The number of aromatic amines is 1. The molecule has 1 fully saturated rings. The highest BCUT2D eigenvalue weighted by atomic mass is 35.5. The van der Waals surface area contributed by atoms with Crippen LogP contribution in [0.2, 0.25) is 10.0 Å². The zero-order chi connectivity index (χ0) is 21.7. The van der Waals surface area contributed by atoms with E-state index in [1.807, 2.05) is 6.07 Å². The summed E-state index contributed by atoms with van der Waals surface area (Å²) in [6.45, 7) is 4.20. The van der Waals surface area contributed by atoms with Crippen molar-refractivity contribution in [3.63, 3.8) is 0 Å². The fraction of sp³-hybridized carbons (Fsp3) is 0.273. The highest BCUT2D eigenvalue weighted by molar-refractivity contribution is 6.36. The van der Waals surface area contributed by atoms with Gasteiger partial charge in [-0.15, -0.1) is 0 Å². The lowest BCUT2D eigenvalue weighted by Gasteiger charge is -2.34. The number of imidazole rings is 1. The number of halogens is 2. The van der Waals surface area contributed by atoms with Gasteiger partial charge in [0.25, 0.3) is 0 Å². The van der Waals surface area contributed by atoms with Crippen LogP contribution in [-0.2, 0) is 0 Å². The van der Waals surface area contributed by atoms with E-state index in [0.29, 0.717) is 27.1 Å². The van der Waals surface area contributed by atoms with Crippen molar-refractivity contribution in [1.82, 2.24) is 14.9 Å². The van der Waals surface area contributed by atoms with Crippen molar-refractivity contribution in [3.05, 3.63) is 58.0 Å². The number of H-pyrrole nitrogens is 1. The Kier molecular flexibility index (Phi) is 5.04. The molecule has 0 atom stereocenters. The number of hydrogen-bond donors (Lipinski definition) is 3. The Morgan fingerprint density at radius 2 is 1.71 bits per heavy atom. The molecule has 0 spiro atoms. The quantitative estimate of drug-likeness (QED) is 0.544. The summed E-state index contributed by atoms with van der Waals surface area (Å²) in [6, 6.07) is 11.2. The van der Waals surface area contributed by atoms with Crippen LogP contribution >= 0.6 is 23.2 Å². The van der Waals surface area contributed by atoms with Gasteiger partial charge in [0.1, 0.15) is 17.4 Å². The molecule has 2 aliphatic heterocycles. The second-order valence-electron chi connectivity index (χ2n) is 7.96. The summed E-state index contributed by atoms with van der Waals surface area (Å²) in [5.41, 5.74) is 3.85. The number of piperazine rings is 1. The SMILES string of the molecule is CN1CCN(c2ccc3nc(C4=C(O)CN(c5cc(Cl)cc(Cl)c5)C4=N)[nH]c3c2)CC1. The Balaban J connectivity index is 1.44. The van der Waals surface area contributed by atoms with Gasteiger partial charge in [-0.05, 0) is 43.4 Å². The molecule has 3 N–H and O–H groups in total. The Bertz CT molecular complexity index is 1190. The first-order chi connectivity index (χ1) is 14.9. The monoisotopic (exact) mass is 456 g/mol. The number of aromatic nitrogens is 2. The van der Waals surface area contributed by atoms with Crippen LogP contribution in [0.3, 0.4) is 0 Å². The Hall–Kier alpha value is -2.74. The van der Waals surface area contributed by atoms with E-state index in [1.165, 1.54) is 0 Å². The maximum atomic E-state index is 10.6. The van der Waals surface area contributed by atoms with E-state index in [1.54, 1.807) is 23.1 Å². The summed E-state index contributed by atoms with van der Waals surface area (Å²) in [5, 5.41) is 20.3. The molecule has 9 heteroatoms. The molecule has 0 saturated carbocycles. The minimum absolute atomic E-state index is 0.0828. The third kappa shape index (κ3) is 3.73. The number of likely N-dealkylation sites (N-methyl/N-ethyl adjacent to an activating group) is 1. The van der Waals surface area contributed by atoms with E-state index in [0.717, 1.165) is 42.9 Å². The van der Waals surface area contributed by atoms with E-state index in [2.05, 4.69) is 38.9 Å². The lowest BCUT2D eigenvalue weighted by Crippen LogP contribution is -2.44.